The molecule has 6 heteroatoms. The van der Waals surface area contributed by atoms with E-state index in [4.69, 9.17) is 0 Å². The predicted octanol–water partition coefficient (Wildman–Crippen LogP) is 2.28. The van der Waals surface area contributed by atoms with Crippen LogP contribution in [0.25, 0.3) is 16.8 Å². The summed E-state index contributed by atoms with van der Waals surface area (Å²) >= 11 is 0. The molecule has 0 amide bonds. The SMILES string of the molecule is CN(C)CC1(O)CCCN(Cc2cnc3c(-c4ccccc4)cnn3c2)C1. The first kappa shape index (κ1) is 18.1. The van der Waals surface area contributed by atoms with Crippen molar-refractivity contribution in [2.45, 2.75) is 25.0 Å². The van der Waals surface area contributed by atoms with Crippen LogP contribution in [0.1, 0.15) is 18.4 Å². The first-order valence-corrected chi connectivity index (χ1v) is 9.50. The summed E-state index contributed by atoms with van der Waals surface area (Å²) in [6.07, 6.45) is 7.73. The van der Waals surface area contributed by atoms with Gasteiger partial charge in [-0.15, -0.1) is 0 Å². The molecule has 0 aliphatic carbocycles. The number of aromatic nitrogens is 3. The Kier molecular flexibility index (Phi) is 4.95. The van der Waals surface area contributed by atoms with Crippen molar-refractivity contribution in [1.29, 1.82) is 0 Å². The van der Waals surface area contributed by atoms with Crippen LogP contribution in [0.3, 0.4) is 0 Å². The molecule has 0 bridgehead atoms. The third-order valence-electron chi connectivity index (χ3n) is 5.15. The minimum atomic E-state index is -0.633. The van der Waals surface area contributed by atoms with E-state index in [-0.39, 0.29) is 0 Å². The Morgan fingerprint density at radius 2 is 2.00 bits per heavy atom. The maximum Gasteiger partial charge on any atom is 0.162 e. The number of likely N-dealkylation sites (N-methyl/N-ethyl adjacent to an activating group) is 1. The largest absolute Gasteiger partial charge is 0.387 e. The highest BCUT2D eigenvalue weighted by Crippen LogP contribution is 2.25. The highest BCUT2D eigenvalue weighted by molar-refractivity contribution is 5.76. The number of nitrogens with zero attached hydrogens (tertiary/aromatic N) is 5. The average molecular weight is 365 g/mol. The Bertz CT molecular complexity index is 907. The number of fused-ring (bicyclic) bond motifs is 1. The van der Waals surface area contributed by atoms with Crippen LogP contribution >= 0.6 is 0 Å². The summed E-state index contributed by atoms with van der Waals surface area (Å²) in [5.74, 6) is 0. The van der Waals surface area contributed by atoms with E-state index in [1.807, 2.05) is 55.4 Å². The lowest BCUT2D eigenvalue weighted by Crippen LogP contribution is -2.52. The number of rotatable bonds is 5. The van der Waals surface area contributed by atoms with Crippen LogP contribution < -0.4 is 0 Å². The Hall–Kier alpha value is -2.28. The van der Waals surface area contributed by atoms with Crippen LogP contribution in [0.4, 0.5) is 0 Å². The molecule has 0 radical (unpaired) electrons. The van der Waals surface area contributed by atoms with Gasteiger partial charge < -0.3 is 10.0 Å². The highest BCUT2D eigenvalue weighted by Gasteiger charge is 2.33. The smallest absolute Gasteiger partial charge is 0.162 e. The van der Waals surface area contributed by atoms with Crippen molar-refractivity contribution in [2.24, 2.45) is 0 Å². The molecule has 1 aliphatic heterocycles. The summed E-state index contributed by atoms with van der Waals surface area (Å²) in [7, 11) is 4.02. The monoisotopic (exact) mass is 365 g/mol. The maximum atomic E-state index is 10.9. The number of likely N-dealkylation sites (tertiary alicyclic amines) is 1. The van der Waals surface area contributed by atoms with Crippen molar-refractivity contribution in [3.05, 3.63) is 54.5 Å². The van der Waals surface area contributed by atoms with Gasteiger partial charge in [0.2, 0.25) is 0 Å². The van der Waals surface area contributed by atoms with Crippen LogP contribution in [-0.4, -0.2) is 68.8 Å². The van der Waals surface area contributed by atoms with Gasteiger partial charge in [-0.05, 0) is 39.0 Å². The number of benzene rings is 1. The predicted molar refractivity (Wildman–Crippen MR) is 106 cm³/mol. The van der Waals surface area contributed by atoms with Crippen molar-refractivity contribution >= 4 is 5.65 Å². The summed E-state index contributed by atoms with van der Waals surface area (Å²) in [5, 5.41) is 15.4. The second-order valence-electron chi connectivity index (χ2n) is 7.93. The molecule has 1 atom stereocenters. The van der Waals surface area contributed by atoms with Gasteiger partial charge in [0.05, 0.1) is 11.8 Å². The van der Waals surface area contributed by atoms with E-state index >= 15 is 0 Å². The average Bonchev–Trinajstić information content (AvgIpc) is 3.04. The number of aliphatic hydroxyl groups is 1. The van der Waals surface area contributed by atoms with Gasteiger partial charge in [0.25, 0.3) is 0 Å². The number of β-amino-alcohol motifs (C(OH)–C–C–N with tert-alkyl or cyclic N) is 1. The molecule has 0 spiro atoms. The molecule has 1 N–H and O–H groups in total. The molecule has 6 nitrogen and oxygen atoms in total. The van der Waals surface area contributed by atoms with Crippen molar-refractivity contribution in [1.82, 2.24) is 24.4 Å². The van der Waals surface area contributed by atoms with Gasteiger partial charge in [0, 0.05) is 43.2 Å². The summed E-state index contributed by atoms with van der Waals surface area (Å²) in [4.78, 5) is 9.05. The molecule has 1 aromatic carbocycles. The molecule has 3 heterocycles. The van der Waals surface area contributed by atoms with Crippen molar-refractivity contribution < 1.29 is 5.11 Å². The van der Waals surface area contributed by atoms with Crippen LogP contribution in [0, 0.1) is 0 Å². The lowest BCUT2D eigenvalue weighted by Gasteiger charge is -2.40. The van der Waals surface area contributed by atoms with Gasteiger partial charge in [0.15, 0.2) is 5.65 Å². The van der Waals surface area contributed by atoms with Crippen molar-refractivity contribution in [3.8, 4) is 11.1 Å². The fourth-order valence-corrected chi connectivity index (χ4v) is 4.13. The zero-order chi connectivity index (χ0) is 18.9. The quantitative estimate of drug-likeness (QED) is 0.752. The van der Waals surface area contributed by atoms with Crippen LogP contribution in [0.15, 0.2) is 48.9 Å². The van der Waals surface area contributed by atoms with E-state index in [2.05, 4.69) is 32.0 Å². The number of hydrogen-bond donors (Lipinski definition) is 1. The zero-order valence-electron chi connectivity index (χ0n) is 16.0. The molecule has 1 saturated heterocycles. The summed E-state index contributed by atoms with van der Waals surface area (Å²) in [5.41, 5.74) is 3.51. The van der Waals surface area contributed by atoms with Crippen LogP contribution in [0.2, 0.25) is 0 Å². The molecule has 1 unspecified atom stereocenters. The van der Waals surface area contributed by atoms with E-state index in [0.29, 0.717) is 13.1 Å². The summed E-state index contributed by atoms with van der Waals surface area (Å²) in [6, 6.07) is 10.2. The minimum absolute atomic E-state index is 0.633. The molecule has 1 aliphatic rings. The third kappa shape index (κ3) is 4.03. The topological polar surface area (TPSA) is 56.9 Å². The first-order valence-electron chi connectivity index (χ1n) is 9.50. The highest BCUT2D eigenvalue weighted by atomic mass is 16.3. The molecule has 27 heavy (non-hydrogen) atoms. The number of piperidine rings is 1. The Balaban J connectivity index is 1.52. The maximum absolute atomic E-state index is 10.9. The zero-order valence-corrected chi connectivity index (χ0v) is 16.0. The van der Waals surface area contributed by atoms with E-state index in [9.17, 15) is 5.11 Å². The Morgan fingerprint density at radius 3 is 2.78 bits per heavy atom. The van der Waals surface area contributed by atoms with Gasteiger partial charge in [-0.1, -0.05) is 30.3 Å². The fourth-order valence-electron chi connectivity index (χ4n) is 4.13. The lowest BCUT2D eigenvalue weighted by molar-refractivity contribution is -0.0480. The Labute approximate surface area is 160 Å². The lowest BCUT2D eigenvalue weighted by atomic mass is 9.92. The fraction of sp³-hybridized carbons (Fsp3) is 0.429. The van der Waals surface area contributed by atoms with Crippen molar-refractivity contribution in [3.63, 3.8) is 0 Å². The second kappa shape index (κ2) is 7.38. The van der Waals surface area contributed by atoms with Gasteiger partial charge in [-0.2, -0.15) is 5.10 Å². The van der Waals surface area contributed by atoms with E-state index in [1.165, 1.54) is 0 Å². The van der Waals surface area contributed by atoms with Gasteiger partial charge in [-0.3, -0.25) is 4.90 Å². The molecule has 3 aromatic rings. The van der Waals surface area contributed by atoms with Crippen LogP contribution in [-0.2, 0) is 6.54 Å². The third-order valence-corrected chi connectivity index (χ3v) is 5.15. The van der Waals surface area contributed by atoms with E-state index in [0.717, 1.165) is 48.3 Å². The molecule has 2 aromatic heterocycles. The molecule has 142 valence electrons. The Morgan fingerprint density at radius 1 is 1.19 bits per heavy atom. The van der Waals surface area contributed by atoms with E-state index in [1.54, 1.807) is 0 Å². The summed E-state index contributed by atoms with van der Waals surface area (Å²) < 4.78 is 1.85. The second-order valence-corrected chi connectivity index (χ2v) is 7.93. The first-order chi connectivity index (χ1) is 13.0. The number of hydrogen-bond acceptors (Lipinski definition) is 5. The molecule has 4 rings (SSSR count). The minimum Gasteiger partial charge on any atom is -0.387 e. The van der Waals surface area contributed by atoms with Gasteiger partial charge in [0.1, 0.15) is 0 Å². The van der Waals surface area contributed by atoms with Gasteiger partial charge in [-0.25, -0.2) is 9.50 Å². The van der Waals surface area contributed by atoms with Crippen molar-refractivity contribution in [2.75, 3.05) is 33.7 Å². The van der Waals surface area contributed by atoms with Gasteiger partial charge >= 0.3 is 0 Å². The normalized spacial score (nSPS) is 21.2. The molecular weight excluding hydrogens is 338 g/mol. The van der Waals surface area contributed by atoms with Crippen LogP contribution in [0.5, 0.6) is 0 Å². The molecular formula is C21H27N5O. The summed E-state index contributed by atoms with van der Waals surface area (Å²) in [6.45, 7) is 3.17. The molecule has 0 saturated carbocycles. The standard InChI is InChI=1S/C21H27N5O/c1-24(2)15-21(27)9-6-10-25(16-21)13-17-11-22-20-19(12-23-26(20)14-17)18-7-4-3-5-8-18/h3-5,7-8,11-12,14,27H,6,9-10,13,15-16H2,1-2H3. The van der Waals surface area contributed by atoms with E-state index < -0.39 is 5.60 Å². The molecule has 1 fully saturated rings.